The number of hydrogen-bond acceptors (Lipinski definition) is 3. The van der Waals surface area contributed by atoms with Crippen molar-refractivity contribution in [2.75, 3.05) is 0 Å². The minimum atomic E-state index is -4.53. The molecule has 82 valence electrons. The van der Waals surface area contributed by atoms with Crippen LogP contribution in [0.1, 0.15) is 17.2 Å². The first-order chi connectivity index (χ1) is 6.79. The SMILES string of the molecule is Cc1cc(C(F)(F)F)nc(CC(=O)S)n1. The molecule has 0 amide bonds. The van der Waals surface area contributed by atoms with Crippen molar-refractivity contribution in [2.45, 2.75) is 19.5 Å². The standard InChI is InChI=1S/C8H7F3N2OS/c1-4-2-5(8(9,10)11)13-6(12-4)3-7(14)15/h2H,3H2,1H3,(H,14,15). The molecule has 0 aliphatic rings. The Kier molecular flexibility index (Phi) is 3.33. The third kappa shape index (κ3) is 3.50. The van der Waals surface area contributed by atoms with Crippen LogP contribution in [0.3, 0.4) is 0 Å². The average molecular weight is 236 g/mol. The molecule has 1 rings (SSSR count). The van der Waals surface area contributed by atoms with Gasteiger partial charge in [-0.05, 0) is 13.0 Å². The Morgan fingerprint density at radius 1 is 1.47 bits per heavy atom. The van der Waals surface area contributed by atoms with Crippen LogP contribution in [0.4, 0.5) is 13.2 Å². The van der Waals surface area contributed by atoms with Crippen molar-refractivity contribution in [3.05, 3.63) is 23.3 Å². The molecule has 0 bridgehead atoms. The van der Waals surface area contributed by atoms with Gasteiger partial charge in [-0.25, -0.2) is 9.97 Å². The Balaban J connectivity index is 3.11. The van der Waals surface area contributed by atoms with Crippen molar-refractivity contribution >= 4 is 17.7 Å². The summed E-state index contributed by atoms with van der Waals surface area (Å²) < 4.78 is 36.9. The highest BCUT2D eigenvalue weighted by Gasteiger charge is 2.33. The van der Waals surface area contributed by atoms with Crippen molar-refractivity contribution in [2.24, 2.45) is 0 Å². The second-order valence-corrected chi connectivity index (χ2v) is 3.38. The van der Waals surface area contributed by atoms with Crippen LogP contribution >= 0.6 is 12.6 Å². The summed E-state index contributed by atoms with van der Waals surface area (Å²) in [6, 6.07) is 0.826. The maximum atomic E-state index is 12.3. The number of carbonyl (C=O) groups excluding carboxylic acids is 1. The lowest BCUT2D eigenvalue weighted by Crippen LogP contribution is -2.12. The predicted molar refractivity (Wildman–Crippen MR) is 49.5 cm³/mol. The topological polar surface area (TPSA) is 42.9 Å². The van der Waals surface area contributed by atoms with E-state index in [9.17, 15) is 18.0 Å². The predicted octanol–water partition coefficient (Wildman–Crippen LogP) is 1.80. The number of aryl methyl sites for hydroxylation is 1. The van der Waals surface area contributed by atoms with Crippen molar-refractivity contribution in [1.29, 1.82) is 0 Å². The second-order valence-electron chi connectivity index (χ2n) is 2.88. The third-order valence-corrected chi connectivity index (χ3v) is 1.66. The fourth-order valence-electron chi connectivity index (χ4n) is 0.990. The normalized spacial score (nSPS) is 11.5. The monoisotopic (exact) mass is 236 g/mol. The zero-order valence-electron chi connectivity index (χ0n) is 7.67. The molecule has 0 radical (unpaired) electrons. The van der Waals surface area contributed by atoms with E-state index in [0.717, 1.165) is 6.07 Å². The van der Waals surface area contributed by atoms with Gasteiger partial charge in [0.1, 0.15) is 11.5 Å². The van der Waals surface area contributed by atoms with Gasteiger partial charge in [-0.15, -0.1) is 12.6 Å². The molecule has 1 aromatic heterocycles. The highest BCUT2D eigenvalue weighted by atomic mass is 32.1. The Morgan fingerprint density at radius 2 is 2.07 bits per heavy atom. The van der Waals surface area contributed by atoms with E-state index in [1.807, 2.05) is 0 Å². The molecule has 3 nitrogen and oxygen atoms in total. The van der Waals surface area contributed by atoms with Gasteiger partial charge < -0.3 is 0 Å². The number of halogens is 3. The summed E-state index contributed by atoms with van der Waals surface area (Å²) in [6.07, 6.45) is -4.84. The molecule has 0 aliphatic heterocycles. The first kappa shape index (κ1) is 12.0. The highest BCUT2D eigenvalue weighted by Crippen LogP contribution is 2.27. The number of carbonyl (C=O) groups is 1. The minimum Gasteiger partial charge on any atom is -0.287 e. The van der Waals surface area contributed by atoms with Crippen molar-refractivity contribution in [3.8, 4) is 0 Å². The summed E-state index contributed by atoms with van der Waals surface area (Å²) in [4.78, 5) is 17.5. The molecular weight excluding hydrogens is 229 g/mol. The molecule has 0 atom stereocenters. The largest absolute Gasteiger partial charge is 0.433 e. The van der Waals surface area contributed by atoms with E-state index >= 15 is 0 Å². The minimum absolute atomic E-state index is 0.165. The smallest absolute Gasteiger partial charge is 0.287 e. The molecule has 0 unspecified atom stereocenters. The van der Waals surface area contributed by atoms with Gasteiger partial charge in [0, 0.05) is 5.69 Å². The lowest BCUT2D eigenvalue weighted by molar-refractivity contribution is -0.141. The molecule has 15 heavy (non-hydrogen) atoms. The molecule has 7 heteroatoms. The van der Waals surface area contributed by atoms with Crippen LogP contribution in [0.5, 0.6) is 0 Å². The lowest BCUT2D eigenvalue weighted by atomic mass is 10.3. The number of thiol groups is 1. The Hall–Kier alpha value is -1.11. The van der Waals surface area contributed by atoms with Crippen molar-refractivity contribution < 1.29 is 18.0 Å². The molecular formula is C8H7F3N2OS. The Labute approximate surface area is 89.1 Å². The van der Waals surface area contributed by atoms with Crippen LogP contribution in [-0.4, -0.2) is 15.1 Å². The van der Waals surface area contributed by atoms with Gasteiger partial charge in [-0.1, -0.05) is 0 Å². The number of nitrogens with zero attached hydrogens (tertiary/aromatic N) is 2. The number of hydrogen-bond donors (Lipinski definition) is 1. The van der Waals surface area contributed by atoms with Crippen LogP contribution in [0.25, 0.3) is 0 Å². The average Bonchev–Trinajstić information content (AvgIpc) is 1.99. The van der Waals surface area contributed by atoms with E-state index < -0.39 is 17.0 Å². The van der Waals surface area contributed by atoms with E-state index in [2.05, 4.69) is 22.6 Å². The summed E-state index contributed by atoms with van der Waals surface area (Å²) in [5.74, 6) is -0.165. The van der Waals surface area contributed by atoms with E-state index in [1.165, 1.54) is 6.92 Å². The van der Waals surface area contributed by atoms with E-state index in [-0.39, 0.29) is 17.9 Å². The first-order valence-electron chi connectivity index (χ1n) is 3.92. The summed E-state index contributed by atoms with van der Waals surface area (Å²) in [5, 5.41) is -0.575. The quantitative estimate of drug-likeness (QED) is 0.796. The van der Waals surface area contributed by atoms with E-state index in [4.69, 9.17) is 0 Å². The first-order valence-corrected chi connectivity index (χ1v) is 4.37. The fourth-order valence-corrected chi connectivity index (χ4v) is 1.13. The molecule has 1 aromatic rings. The summed E-state index contributed by atoms with van der Waals surface area (Å²) in [5.41, 5.74) is -0.874. The zero-order valence-corrected chi connectivity index (χ0v) is 8.56. The number of aromatic nitrogens is 2. The van der Waals surface area contributed by atoms with E-state index in [1.54, 1.807) is 0 Å². The van der Waals surface area contributed by atoms with Crippen LogP contribution in [0.15, 0.2) is 6.07 Å². The Bertz CT molecular complexity index is 392. The number of rotatable bonds is 2. The fraction of sp³-hybridized carbons (Fsp3) is 0.375. The summed E-state index contributed by atoms with van der Waals surface area (Å²) >= 11 is 3.45. The molecule has 0 aliphatic carbocycles. The summed E-state index contributed by atoms with van der Waals surface area (Å²) in [6.45, 7) is 1.41. The maximum absolute atomic E-state index is 12.3. The lowest BCUT2D eigenvalue weighted by Gasteiger charge is -2.07. The van der Waals surface area contributed by atoms with Gasteiger partial charge in [-0.3, -0.25) is 4.79 Å². The highest BCUT2D eigenvalue weighted by molar-refractivity contribution is 7.96. The second kappa shape index (κ2) is 4.18. The van der Waals surface area contributed by atoms with Gasteiger partial charge >= 0.3 is 6.18 Å². The molecule has 1 heterocycles. The number of alkyl halides is 3. The van der Waals surface area contributed by atoms with Gasteiger partial charge in [0.15, 0.2) is 5.12 Å². The van der Waals surface area contributed by atoms with Gasteiger partial charge in [-0.2, -0.15) is 13.2 Å². The van der Waals surface area contributed by atoms with Crippen molar-refractivity contribution in [3.63, 3.8) is 0 Å². The van der Waals surface area contributed by atoms with Gasteiger partial charge in [0.25, 0.3) is 0 Å². The van der Waals surface area contributed by atoms with Crippen molar-refractivity contribution in [1.82, 2.24) is 9.97 Å². The molecule has 0 saturated heterocycles. The van der Waals surface area contributed by atoms with Crippen LogP contribution in [-0.2, 0) is 17.4 Å². The zero-order chi connectivity index (χ0) is 11.6. The molecule has 0 fully saturated rings. The molecule has 0 N–H and O–H groups in total. The third-order valence-electron chi connectivity index (χ3n) is 1.50. The molecule has 0 saturated carbocycles. The van der Waals surface area contributed by atoms with Crippen LogP contribution < -0.4 is 0 Å². The van der Waals surface area contributed by atoms with Gasteiger partial charge in [0.2, 0.25) is 0 Å². The maximum Gasteiger partial charge on any atom is 0.433 e. The van der Waals surface area contributed by atoms with E-state index in [0.29, 0.717) is 0 Å². The van der Waals surface area contributed by atoms with Crippen LogP contribution in [0.2, 0.25) is 0 Å². The molecule has 0 spiro atoms. The van der Waals surface area contributed by atoms with Crippen LogP contribution in [0, 0.1) is 6.92 Å². The summed E-state index contributed by atoms with van der Waals surface area (Å²) in [7, 11) is 0. The Morgan fingerprint density at radius 3 is 2.53 bits per heavy atom. The molecule has 0 aromatic carbocycles. The van der Waals surface area contributed by atoms with Gasteiger partial charge in [0.05, 0.1) is 6.42 Å².